The van der Waals surface area contributed by atoms with Crippen LogP contribution in [-0.2, 0) is 4.74 Å². The molecule has 0 fully saturated rings. The number of aliphatic hydroxyl groups excluding tert-OH is 1. The molecule has 2 atom stereocenters. The van der Waals surface area contributed by atoms with Crippen molar-refractivity contribution in [2.75, 3.05) is 6.61 Å². The monoisotopic (exact) mass is 227 g/mol. The lowest BCUT2D eigenvalue weighted by molar-refractivity contribution is -0.0387. The quantitative estimate of drug-likeness (QED) is 0.811. The molecule has 0 spiro atoms. The maximum atomic E-state index is 12.9. The Morgan fingerprint density at radius 1 is 1.44 bits per heavy atom. The van der Waals surface area contributed by atoms with Gasteiger partial charge in [-0.2, -0.15) is 0 Å². The van der Waals surface area contributed by atoms with Gasteiger partial charge in [0.15, 0.2) is 0 Å². The molecule has 0 saturated heterocycles. The predicted octanol–water partition coefficient (Wildman–Crippen LogP) is 2.46. The van der Waals surface area contributed by atoms with Gasteiger partial charge in [-0.15, -0.1) is 0 Å². The molecule has 0 amide bonds. The zero-order chi connectivity index (χ0) is 12.0. The van der Waals surface area contributed by atoms with Gasteiger partial charge in [0.1, 0.15) is 11.9 Å². The van der Waals surface area contributed by atoms with E-state index in [1.54, 1.807) is 0 Å². The average molecular weight is 227 g/mol. The van der Waals surface area contributed by atoms with Crippen molar-refractivity contribution in [3.8, 4) is 0 Å². The molecular formula is C12H18FNO2. The number of halogens is 1. The van der Waals surface area contributed by atoms with Crippen molar-refractivity contribution in [1.29, 1.82) is 0 Å². The van der Waals surface area contributed by atoms with Crippen LogP contribution in [0, 0.1) is 5.82 Å². The Bertz CT molecular complexity index is 314. The van der Waals surface area contributed by atoms with Crippen molar-refractivity contribution in [2.45, 2.75) is 38.9 Å². The minimum atomic E-state index is -0.817. The Labute approximate surface area is 95.3 Å². The van der Waals surface area contributed by atoms with E-state index in [0.717, 1.165) is 19.0 Å². The van der Waals surface area contributed by atoms with Gasteiger partial charge in [0, 0.05) is 18.4 Å². The van der Waals surface area contributed by atoms with Gasteiger partial charge in [-0.1, -0.05) is 13.3 Å². The standard InChI is InChI=1S/C12H18FNO2/c1-3-5-11(16-4-2)12(15)9-6-10(13)8-14-7-9/h6-8,11-12,15H,3-5H2,1-2H3. The fraction of sp³-hybridized carbons (Fsp3) is 0.583. The summed E-state index contributed by atoms with van der Waals surface area (Å²) in [6.45, 7) is 4.42. The number of hydrogen-bond donors (Lipinski definition) is 1. The van der Waals surface area contributed by atoms with Crippen LogP contribution in [0.15, 0.2) is 18.5 Å². The van der Waals surface area contributed by atoms with Gasteiger partial charge in [-0.05, 0) is 19.4 Å². The second-order valence-corrected chi connectivity index (χ2v) is 3.66. The van der Waals surface area contributed by atoms with Gasteiger partial charge >= 0.3 is 0 Å². The highest BCUT2D eigenvalue weighted by atomic mass is 19.1. The SMILES string of the molecule is CCCC(OCC)C(O)c1cncc(F)c1. The normalized spacial score (nSPS) is 14.8. The molecule has 0 radical (unpaired) electrons. The predicted molar refractivity (Wildman–Crippen MR) is 59.5 cm³/mol. The number of aromatic nitrogens is 1. The third-order valence-electron chi connectivity index (χ3n) is 2.37. The van der Waals surface area contributed by atoms with Crippen molar-refractivity contribution < 1.29 is 14.2 Å². The summed E-state index contributed by atoms with van der Waals surface area (Å²) < 4.78 is 18.4. The summed E-state index contributed by atoms with van der Waals surface area (Å²) in [5.41, 5.74) is 0.465. The Morgan fingerprint density at radius 3 is 2.75 bits per heavy atom. The van der Waals surface area contributed by atoms with E-state index < -0.39 is 11.9 Å². The van der Waals surface area contributed by atoms with E-state index in [4.69, 9.17) is 4.74 Å². The highest BCUT2D eigenvalue weighted by Crippen LogP contribution is 2.22. The molecule has 0 saturated carbocycles. The maximum absolute atomic E-state index is 12.9. The van der Waals surface area contributed by atoms with Gasteiger partial charge in [-0.25, -0.2) is 4.39 Å². The number of pyridine rings is 1. The summed E-state index contributed by atoms with van der Waals surface area (Å²) in [6, 6.07) is 1.29. The summed E-state index contributed by atoms with van der Waals surface area (Å²) in [6.07, 6.45) is 3.12. The first-order chi connectivity index (χ1) is 7.69. The molecule has 2 unspecified atom stereocenters. The number of hydrogen-bond acceptors (Lipinski definition) is 3. The molecule has 1 aromatic heterocycles. The van der Waals surface area contributed by atoms with E-state index >= 15 is 0 Å². The van der Waals surface area contributed by atoms with E-state index in [0.29, 0.717) is 12.2 Å². The molecule has 0 aliphatic heterocycles. The molecule has 0 aromatic carbocycles. The summed E-state index contributed by atoms with van der Waals surface area (Å²) in [4.78, 5) is 3.72. The van der Waals surface area contributed by atoms with Crippen LogP contribution < -0.4 is 0 Å². The molecule has 4 heteroatoms. The molecule has 1 heterocycles. The van der Waals surface area contributed by atoms with Crippen LogP contribution in [0.1, 0.15) is 38.4 Å². The first-order valence-corrected chi connectivity index (χ1v) is 5.59. The van der Waals surface area contributed by atoms with E-state index in [1.165, 1.54) is 12.3 Å². The zero-order valence-corrected chi connectivity index (χ0v) is 9.69. The minimum Gasteiger partial charge on any atom is -0.386 e. The number of rotatable bonds is 6. The van der Waals surface area contributed by atoms with E-state index in [2.05, 4.69) is 4.98 Å². The molecule has 90 valence electrons. The van der Waals surface area contributed by atoms with Crippen LogP contribution in [0.25, 0.3) is 0 Å². The fourth-order valence-corrected chi connectivity index (χ4v) is 1.64. The van der Waals surface area contributed by atoms with Gasteiger partial charge < -0.3 is 9.84 Å². The van der Waals surface area contributed by atoms with Gasteiger partial charge in [-0.3, -0.25) is 4.98 Å². The molecule has 0 bridgehead atoms. The van der Waals surface area contributed by atoms with Gasteiger partial charge in [0.05, 0.1) is 12.3 Å². The Kier molecular flexibility index (Phi) is 5.35. The van der Waals surface area contributed by atoms with E-state index in [1.807, 2.05) is 13.8 Å². The molecule has 0 aliphatic carbocycles. The molecule has 0 aliphatic rings. The average Bonchev–Trinajstić information content (AvgIpc) is 2.28. The highest BCUT2D eigenvalue weighted by Gasteiger charge is 2.21. The summed E-state index contributed by atoms with van der Waals surface area (Å²) in [7, 11) is 0. The summed E-state index contributed by atoms with van der Waals surface area (Å²) >= 11 is 0. The summed E-state index contributed by atoms with van der Waals surface area (Å²) in [5, 5.41) is 10.0. The lowest BCUT2D eigenvalue weighted by atomic mass is 10.0. The molecular weight excluding hydrogens is 209 g/mol. The van der Waals surface area contributed by atoms with Gasteiger partial charge in [0.25, 0.3) is 0 Å². The highest BCUT2D eigenvalue weighted by molar-refractivity contribution is 5.14. The Hall–Kier alpha value is -1.00. The minimum absolute atomic E-state index is 0.293. The third kappa shape index (κ3) is 3.54. The fourth-order valence-electron chi connectivity index (χ4n) is 1.64. The van der Waals surface area contributed by atoms with Gasteiger partial charge in [0.2, 0.25) is 0 Å². The Morgan fingerprint density at radius 2 is 2.19 bits per heavy atom. The number of ether oxygens (including phenoxy) is 1. The van der Waals surface area contributed by atoms with Crippen molar-refractivity contribution >= 4 is 0 Å². The van der Waals surface area contributed by atoms with Crippen LogP contribution in [0.3, 0.4) is 0 Å². The number of nitrogens with zero attached hydrogens (tertiary/aromatic N) is 1. The maximum Gasteiger partial charge on any atom is 0.141 e. The van der Waals surface area contributed by atoms with Crippen molar-refractivity contribution in [3.63, 3.8) is 0 Å². The van der Waals surface area contributed by atoms with Crippen molar-refractivity contribution in [1.82, 2.24) is 4.98 Å². The van der Waals surface area contributed by atoms with Crippen molar-refractivity contribution in [3.05, 3.63) is 29.8 Å². The molecule has 3 nitrogen and oxygen atoms in total. The first-order valence-electron chi connectivity index (χ1n) is 5.59. The Balaban J connectivity index is 2.76. The van der Waals surface area contributed by atoms with E-state index in [9.17, 15) is 9.50 Å². The molecule has 1 rings (SSSR count). The molecule has 1 N–H and O–H groups in total. The largest absolute Gasteiger partial charge is 0.386 e. The topological polar surface area (TPSA) is 42.4 Å². The second kappa shape index (κ2) is 6.55. The van der Waals surface area contributed by atoms with Crippen molar-refractivity contribution in [2.24, 2.45) is 0 Å². The van der Waals surface area contributed by atoms with Crippen LogP contribution in [0.4, 0.5) is 4.39 Å². The third-order valence-corrected chi connectivity index (χ3v) is 2.37. The van der Waals surface area contributed by atoms with E-state index in [-0.39, 0.29) is 6.10 Å². The van der Waals surface area contributed by atoms with Crippen LogP contribution >= 0.6 is 0 Å². The van der Waals surface area contributed by atoms with Crippen LogP contribution in [0.5, 0.6) is 0 Å². The lowest BCUT2D eigenvalue weighted by Gasteiger charge is -2.22. The molecule has 16 heavy (non-hydrogen) atoms. The first kappa shape index (κ1) is 13.1. The van der Waals surface area contributed by atoms with Crippen LogP contribution in [0.2, 0.25) is 0 Å². The smallest absolute Gasteiger partial charge is 0.141 e. The molecule has 1 aromatic rings. The second-order valence-electron chi connectivity index (χ2n) is 3.66. The lowest BCUT2D eigenvalue weighted by Crippen LogP contribution is -2.22. The summed E-state index contributed by atoms with van der Waals surface area (Å²) in [5.74, 6) is -0.441. The number of aliphatic hydroxyl groups is 1. The van der Waals surface area contributed by atoms with Crippen LogP contribution in [-0.4, -0.2) is 22.8 Å². The zero-order valence-electron chi connectivity index (χ0n) is 9.69.